The van der Waals surface area contributed by atoms with Crippen molar-refractivity contribution in [3.05, 3.63) is 71.3 Å². The number of rotatable bonds is 9. The van der Waals surface area contributed by atoms with Gasteiger partial charge in [-0.25, -0.2) is 0 Å². The van der Waals surface area contributed by atoms with E-state index in [0.717, 1.165) is 23.3 Å². The van der Waals surface area contributed by atoms with E-state index in [2.05, 4.69) is 63.0 Å². The van der Waals surface area contributed by atoms with Crippen molar-refractivity contribution in [1.82, 2.24) is 0 Å². The molecule has 1 unspecified atom stereocenters. The van der Waals surface area contributed by atoms with Gasteiger partial charge in [0.05, 0.1) is 7.11 Å². The van der Waals surface area contributed by atoms with Gasteiger partial charge in [0.15, 0.2) is 0 Å². The van der Waals surface area contributed by atoms with E-state index in [0.29, 0.717) is 5.92 Å². The fraction of sp³-hybridized carbons (Fsp3) is 0.407. The Kier molecular flexibility index (Phi) is 9.43. The maximum absolute atomic E-state index is 5.24. The minimum absolute atomic E-state index is 0.582. The summed E-state index contributed by atoms with van der Waals surface area (Å²) in [4.78, 5) is 0. The Morgan fingerprint density at radius 3 is 2.29 bits per heavy atom. The van der Waals surface area contributed by atoms with Crippen LogP contribution in [-0.2, 0) is 0 Å². The lowest BCUT2D eigenvalue weighted by Crippen LogP contribution is -1.97. The first-order valence-corrected chi connectivity index (χ1v) is 10.6. The van der Waals surface area contributed by atoms with Gasteiger partial charge in [-0.15, -0.1) is 0 Å². The van der Waals surface area contributed by atoms with Gasteiger partial charge in [0.1, 0.15) is 5.75 Å². The molecule has 0 radical (unpaired) electrons. The Hall–Kier alpha value is -2.46. The van der Waals surface area contributed by atoms with E-state index in [-0.39, 0.29) is 0 Å². The number of hydrogen-bond donors (Lipinski definition) is 0. The molecule has 0 bridgehead atoms. The zero-order valence-corrected chi connectivity index (χ0v) is 17.9. The lowest BCUT2D eigenvalue weighted by atomic mass is 9.93. The van der Waals surface area contributed by atoms with Gasteiger partial charge in [-0.3, -0.25) is 0 Å². The molecule has 0 saturated heterocycles. The number of allylic oxidation sites excluding steroid dienone is 2. The van der Waals surface area contributed by atoms with Crippen molar-refractivity contribution in [2.75, 3.05) is 7.11 Å². The Bertz CT molecular complexity index is 785. The van der Waals surface area contributed by atoms with Crippen molar-refractivity contribution in [1.29, 1.82) is 0 Å². The molecule has 2 aromatic carbocycles. The largest absolute Gasteiger partial charge is 0.497 e. The summed E-state index contributed by atoms with van der Waals surface area (Å²) >= 11 is 0. The van der Waals surface area contributed by atoms with E-state index in [9.17, 15) is 0 Å². The van der Waals surface area contributed by atoms with E-state index in [1.807, 2.05) is 24.3 Å². The van der Waals surface area contributed by atoms with Crippen LogP contribution in [0.4, 0.5) is 0 Å². The zero-order valence-electron chi connectivity index (χ0n) is 17.9. The normalized spacial score (nSPS) is 12.2. The summed E-state index contributed by atoms with van der Waals surface area (Å²) in [5.41, 5.74) is 4.63. The highest BCUT2D eigenvalue weighted by atomic mass is 16.5. The topological polar surface area (TPSA) is 9.23 Å². The summed E-state index contributed by atoms with van der Waals surface area (Å²) in [5.74, 6) is 8.23. The summed E-state index contributed by atoms with van der Waals surface area (Å²) in [6.07, 6.45) is 10.1. The molecule has 0 saturated carbocycles. The second kappa shape index (κ2) is 12.1. The van der Waals surface area contributed by atoms with Crippen LogP contribution in [0.1, 0.15) is 69.1 Å². The number of hydrogen-bond acceptors (Lipinski definition) is 1. The molecule has 0 fully saturated rings. The van der Waals surface area contributed by atoms with Crippen LogP contribution < -0.4 is 4.74 Å². The van der Waals surface area contributed by atoms with E-state index in [1.54, 1.807) is 7.11 Å². The summed E-state index contributed by atoms with van der Waals surface area (Å²) in [7, 11) is 1.68. The van der Waals surface area contributed by atoms with Gasteiger partial charge in [0, 0.05) is 11.1 Å². The molecule has 0 amide bonds. The molecule has 2 aromatic rings. The van der Waals surface area contributed by atoms with Gasteiger partial charge in [-0.05, 0) is 55.5 Å². The molecule has 28 heavy (non-hydrogen) atoms. The van der Waals surface area contributed by atoms with Crippen LogP contribution in [0.2, 0.25) is 0 Å². The fourth-order valence-corrected chi connectivity index (χ4v) is 3.23. The van der Waals surface area contributed by atoms with E-state index >= 15 is 0 Å². The molecule has 0 N–H and O–H groups in total. The summed E-state index contributed by atoms with van der Waals surface area (Å²) < 4.78 is 5.24. The first-order valence-electron chi connectivity index (χ1n) is 10.6. The Morgan fingerprint density at radius 1 is 0.964 bits per heavy atom. The first kappa shape index (κ1) is 21.8. The molecule has 0 spiro atoms. The standard InChI is InChI=1S/C27H34O/c1-5-7-8-9-10-23(6-2)21-26(25-16-11-22(3)12-17-25)18-13-24-14-19-27(28-4)20-15-24/h11-12,14-17,19-21,23H,5-10H2,1-4H3/b26-21-. The third kappa shape index (κ3) is 7.28. The third-order valence-corrected chi connectivity index (χ3v) is 5.15. The smallest absolute Gasteiger partial charge is 0.118 e. The number of methoxy groups -OCH3 is 1. The maximum Gasteiger partial charge on any atom is 0.118 e. The monoisotopic (exact) mass is 374 g/mol. The highest BCUT2D eigenvalue weighted by Gasteiger charge is 2.06. The third-order valence-electron chi connectivity index (χ3n) is 5.15. The molecule has 0 aromatic heterocycles. The van der Waals surface area contributed by atoms with Gasteiger partial charge in [-0.1, -0.05) is 87.3 Å². The minimum Gasteiger partial charge on any atom is -0.497 e. The van der Waals surface area contributed by atoms with E-state index in [1.165, 1.54) is 43.2 Å². The van der Waals surface area contributed by atoms with Crippen molar-refractivity contribution in [3.8, 4) is 17.6 Å². The molecule has 2 rings (SSSR count). The van der Waals surface area contributed by atoms with Gasteiger partial charge < -0.3 is 4.74 Å². The number of benzene rings is 2. The van der Waals surface area contributed by atoms with Crippen molar-refractivity contribution < 1.29 is 4.74 Å². The second-order valence-electron chi connectivity index (χ2n) is 7.44. The predicted octanol–water partition coefficient (Wildman–Crippen LogP) is 7.44. The average Bonchev–Trinajstić information content (AvgIpc) is 2.73. The molecule has 0 aliphatic heterocycles. The highest BCUT2D eigenvalue weighted by molar-refractivity contribution is 5.79. The van der Waals surface area contributed by atoms with Crippen molar-refractivity contribution in [2.45, 2.75) is 59.3 Å². The van der Waals surface area contributed by atoms with E-state index in [4.69, 9.17) is 4.74 Å². The molecule has 1 atom stereocenters. The SMILES string of the molecule is CCCCCCC(/C=C(/C#Cc1ccc(OC)cc1)c1ccc(C)cc1)CC. The number of ether oxygens (including phenoxy) is 1. The quantitative estimate of drug-likeness (QED) is 0.327. The van der Waals surface area contributed by atoms with Crippen LogP contribution >= 0.6 is 0 Å². The minimum atomic E-state index is 0.582. The van der Waals surface area contributed by atoms with Crippen molar-refractivity contribution in [3.63, 3.8) is 0 Å². The lowest BCUT2D eigenvalue weighted by Gasteiger charge is -2.12. The molecule has 0 aliphatic carbocycles. The molecule has 0 aliphatic rings. The van der Waals surface area contributed by atoms with E-state index < -0.39 is 0 Å². The molecule has 1 heteroatoms. The number of aryl methyl sites for hydroxylation is 1. The lowest BCUT2D eigenvalue weighted by molar-refractivity contribution is 0.415. The number of unbranched alkanes of at least 4 members (excludes halogenated alkanes) is 3. The molecule has 1 nitrogen and oxygen atoms in total. The van der Waals surface area contributed by atoms with Gasteiger partial charge >= 0.3 is 0 Å². The van der Waals surface area contributed by atoms with Crippen LogP contribution in [-0.4, -0.2) is 7.11 Å². The zero-order chi connectivity index (χ0) is 20.2. The van der Waals surface area contributed by atoms with Crippen LogP contribution in [0, 0.1) is 24.7 Å². The van der Waals surface area contributed by atoms with Gasteiger partial charge in [0.25, 0.3) is 0 Å². The average molecular weight is 375 g/mol. The molecule has 0 heterocycles. The highest BCUT2D eigenvalue weighted by Crippen LogP contribution is 2.23. The predicted molar refractivity (Wildman–Crippen MR) is 122 cm³/mol. The van der Waals surface area contributed by atoms with Gasteiger partial charge in [-0.2, -0.15) is 0 Å². The molecule has 148 valence electrons. The Labute approximate surface area is 171 Å². The van der Waals surface area contributed by atoms with Crippen LogP contribution in [0.25, 0.3) is 5.57 Å². The van der Waals surface area contributed by atoms with Crippen molar-refractivity contribution >= 4 is 5.57 Å². The van der Waals surface area contributed by atoms with Crippen LogP contribution in [0.5, 0.6) is 5.75 Å². The van der Waals surface area contributed by atoms with Crippen LogP contribution in [0.15, 0.2) is 54.6 Å². The fourth-order valence-electron chi connectivity index (χ4n) is 3.23. The Morgan fingerprint density at radius 2 is 1.68 bits per heavy atom. The maximum atomic E-state index is 5.24. The molecular weight excluding hydrogens is 340 g/mol. The Balaban J connectivity index is 2.25. The second-order valence-corrected chi connectivity index (χ2v) is 7.44. The van der Waals surface area contributed by atoms with Gasteiger partial charge in [0.2, 0.25) is 0 Å². The summed E-state index contributed by atoms with van der Waals surface area (Å²) in [6.45, 7) is 6.67. The van der Waals surface area contributed by atoms with Crippen molar-refractivity contribution in [2.24, 2.45) is 5.92 Å². The first-order chi connectivity index (χ1) is 13.7. The molecular formula is C27H34O. The summed E-state index contributed by atoms with van der Waals surface area (Å²) in [5, 5.41) is 0. The van der Waals surface area contributed by atoms with Crippen LogP contribution in [0.3, 0.4) is 0 Å². The summed E-state index contributed by atoms with van der Waals surface area (Å²) in [6, 6.07) is 16.7.